The first-order valence-electron chi connectivity index (χ1n) is 10.1. The van der Waals surface area contributed by atoms with Gasteiger partial charge in [-0.3, -0.25) is 4.79 Å². The highest BCUT2D eigenvalue weighted by molar-refractivity contribution is 9.12. The molecular formula is C21H23Br4N3O5. The number of carbonyl (C=O) groups is 1. The number of oxime groups is 1. The summed E-state index contributed by atoms with van der Waals surface area (Å²) in [4.78, 5) is 18.1. The Morgan fingerprint density at radius 2 is 2.03 bits per heavy atom. The zero-order valence-corrected chi connectivity index (χ0v) is 24.0. The van der Waals surface area contributed by atoms with Crippen molar-refractivity contribution in [3.05, 3.63) is 47.4 Å². The third-order valence-corrected chi connectivity index (χ3v) is 7.65. The van der Waals surface area contributed by atoms with E-state index in [2.05, 4.69) is 74.2 Å². The van der Waals surface area contributed by atoms with Crippen molar-refractivity contribution in [2.24, 2.45) is 10.9 Å². The molecule has 1 amide bonds. The number of nitrogens with two attached hydrogens (primary N) is 1. The van der Waals surface area contributed by atoms with Gasteiger partial charge in [-0.15, -0.1) is 0 Å². The Balaban J connectivity index is 1.48. The number of ether oxygens (including phenoxy) is 2. The minimum absolute atomic E-state index is 0.118. The number of nitrogens with zero attached hydrogens (tertiary/aromatic N) is 1. The second kappa shape index (κ2) is 11.7. The zero-order valence-electron chi connectivity index (χ0n) is 17.7. The molecular weight excluding hydrogens is 694 g/mol. The fourth-order valence-electron chi connectivity index (χ4n) is 3.43. The Kier molecular flexibility index (Phi) is 9.44. The van der Waals surface area contributed by atoms with E-state index in [0.717, 1.165) is 20.9 Å². The van der Waals surface area contributed by atoms with Crippen LogP contribution in [0.1, 0.15) is 18.4 Å². The standard InChI is InChI=1S/C21H23Br4N3O5/c1-31-18-14(24)9-21(19(29)16(18)25)10-15(28-33-21)20(30)27-5-2-6-32-17-12(22)7-11(3-4-26)8-13(17)23/h7-9,19,29H,2-6,10,26H2,1H3,(H,27,30)/t19-,21+/m1/s1. The van der Waals surface area contributed by atoms with Crippen molar-refractivity contribution in [3.63, 3.8) is 0 Å². The number of aliphatic hydroxyl groups excluding tert-OH is 1. The number of hydrogen-bond acceptors (Lipinski definition) is 7. The highest BCUT2D eigenvalue weighted by atomic mass is 79.9. The maximum absolute atomic E-state index is 12.6. The van der Waals surface area contributed by atoms with E-state index in [0.29, 0.717) is 46.6 Å². The molecule has 4 N–H and O–H groups in total. The van der Waals surface area contributed by atoms with Gasteiger partial charge in [0.1, 0.15) is 23.3 Å². The van der Waals surface area contributed by atoms with Crippen molar-refractivity contribution in [1.82, 2.24) is 5.32 Å². The van der Waals surface area contributed by atoms with Crippen molar-refractivity contribution in [2.45, 2.75) is 31.0 Å². The summed E-state index contributed by atoms with van der Waals surface area (Å²) in [5.74, 6) is 0.812. The lowest BCUT2D eigenvalue weighted by Gasteiger charge is -2.33. The number of nitrogens with one attached hydrogen (secondary N) is 1. The number of allylic oxidation sites excluding steroid dienone is 1. The van der Waals surface area contributed by atoms with Crippen LogP contribution in [0.5, 0.6) is 5.75 Å². The maximum atomic E-state index is 12.6. The summed E-state index contributed by atoms with van der Waals surface area (Å²) in [5, 5.41) is 17.4. The first kappa shape index (κ1) is 26.7. The molecule has 0 saturated carbocycles. The molecule has 0 radical (unpaired) electrons. The normalized spacial score (nSPS) is 22.1. The molecule has 1 aliphatic carbocycles. The van der Waals surface area contributed by atoms with Gasteiger partial charge in [-0.2, -0.15) is 0 Å². The van der Waals surface area contributed by atoms with E-state index in [1.54, 1.807) is 6.08 Å². The largest absolute Gasteiger partial charge is 0.495 e. The molecule has 2 atom stereocenters. The summed E-state index contributed by atoms with van der Waals surface area (Å²) in [6.07, 6.45) is 2.08. The predicted octanol–water partition coefficient (Wildman–Crippen LogP) is 4.02. The van der Waals surface area contributed by atoms with Crippen LogP contribution in [0.2, 0.25) is 0 Å². The van der Waals surface area contributed by atoms with Gasteiger partial charge in [0, 0.05) is 13.0 Å². The Morgan fingerprint density at radius 1 is 1.33 bits per heavy atom. The quantitative estimate of drug-likeness (QED) is 0.333. The number of methoxy groups -OCH3 is 1. The Hall–Kier alpha value is -0.920. The minimum atomic E-state index is -1.18. The molecule has 2 aliphatic rings. The molecule has 0 fully saturated rings. The van der Waals surface area contributed by atoms with Crippen LogP contribution in [-0.4, -0.2) is 55.2 Å². The van der Waals surface area contributed by atoms with Crippen LogP contribution in [0.15, 0.2) is 47.0 Å². The Bertz CT molecular complexity index is 991. The Morgan fingerprint density at radius 3 is 2.67 bits per heavy atom. The number of rotatable bonds is 9. The predicted molar refractivity (Wildman–Crippen MR) is 140 cm³/mol. The molecule has 1 heterocycles. The summed E-state index contributed by atoms with van der Waals surface area (Å²) in [6, 6.07) is 3.97. The molecule has 1 aromatic rings. The van der Waals surface area contributed by atoms with Gasteiger partial charge in [0.15, 0.2) is 5.60 Å². The average molecular weight is 717 g/mol. The SMILES string of the molecule is COC1=C(Br)[C@@H](O)[C@]2(C=C1Br)CC(C(=O)NCCCOc1c(Br)cc(CCN)cc1Br)=NO2. The molecule has 1 spiro atoms. The summed E-state index contributed by atoms with van der Waals surface area (Å²) in [5.41, 5.74) is 5.75. The van der Waals surface area contributed by atoms with E-state index in [1.807, 2.05) is 12.1 Å². The maximum Gasteiger partial charge on any atom is 0.269 e. The van der Waals surface area contributed by atoms with E-state index in [4.69, 9.17) is 20.0 Å². The first-order valence-corrected chi connectivity index (χ1v) is 13.2. The topological polar surface area (TPSA) is 115 Å². The molecule has 1 aliphatic heterocycles. The Labute approximate surface area is 225 Å². The third-order valence-electron chi connectivity index (χ3n) is 5.09. The van der Waals surface area contributed by atoms with Crippen molar-refractivity contribution >= 4 is 75.3 Å². The lowest BCUT2D eigenvalue weighted by Crippen LogP contribution is -2.45. The molecule has 33 heavy (non-hydrogen) atoms. The lowest BCUT2D eigenvalue weighted by molar-refractivity contribution is -0.114. The molecule has 180 valence electrons. The van der Waals surface area contributed by atoms with Crippen molar-refractivity contribution < 1.29 is 24.2 Å². The van der Waals surface area contributed by atoms with Gasteiger partial charge in [0.2, 0.25) is 0 Å². The fraction of sp³-hybridized carbons (Fsp3) is 0.429. The fourth-order valence-corrected chi connectivity index (χ4v) is 6.73. The van der Waals surface area contributed by atoms with Crippen LogP contribution in [0.25, 0.3) is 0 Å². The number of hydrogen-bond donors (Lipinski definition) is 3. The number of halogens is 4. The molecule has 0 saturated heterocycles. The number of aliphatic hydroxyl groups is 1. The monoisotopic (exact) mass is 713 g/mol. The number of benzene rings is 1. The lowest BCUT2D eigenvalue weighted by atomic mass is 9.87. The molecule has 0 bridgehead atoms. The smallest absolute Gasteiger partial charge is 0.269 e. The van der Waals surface area contributed by atoms with E-state index in [9.17, 15) is 9.90 Å². The molecule has 0 unspecified atom stereocenters. The van der Waals surface area contributed by atoms with Crippen molar-refractivity contribution in [2.75, 3.05) is 26.8 Å². The average Bonchev–Trinajstić information content (AvgIpc) is 3.19. The van der Waals surface area contributed by atoms with E-state index in [-0.39, 0.29) is 18.0 Å². The summed E-state index contributed by atoms with van der Waals surface area (Å²) in [6.45, 7) is 1.38. The van der Waals surface area contributed by atoms with Crippen LogP contribution in [0.4, 0.5) is 0 Å². The highest BCUT2D eigenvalue weighted by Gasteiger charge is 2.50. The molecule has 0 aromatic heterocycles. The minimum Gasteiger partial charge on any atom is -0.495 e. The van der Waals surface area contributed by atoms with Gasteiger partial charge in [-0.05, 0) is 107 Å². The van der Waals surface area contributed by atoms with Gasteiger partial charge in [-0.25, -0.2) is 0 Å². The second-order valence-corrected chi connectivity index (χ2v) is 10.8. The van der Waals surface area contributed by atoms with E-state index in [1.165, 1.54) is 7.11 Å². The number of amides is 1. The van der Waals surface area contributed by atoms with Crippen LogP contribution in [0, 0.1) is 0 Å². The van der Waals surface area contributed by atoms with Crippen LogP contribution in [-0.2, 0) is 20.8 Å². The van der Waals surface area contributed by atoms with Gasteiger partial charge >= 0.3 is 0 Å². The highest BCUT2D eigenvalue weighted by Crippen LogP contribution is 2.44. The molecule has 1 aromatic carbocycles. The summed E-state index contributed by atoms with van der Waals surface area (Å²) < 4.78 is 13.8. The van der Waals surface area contributed by atoms with Gasteiger partial charge < -0.3 is 30.5 Å². The van der Waals surface area contributed by atoms with Gasteiger partial charge in [0.05, 0.1) is 31.6 Å². The molecule has 8 nitrogen and oxygen atoms in total. The van der Waals surface area contributed by atoms with Crippen LogP contribution < -0.4 is 15.8 Å². The summed E-state index contributed by atoms with van der Waals surface area (Å²) in [7, 11) is 1.50. The first-order chi connectivity index (χ1) is 15.7. The molecule has 3 rings (SSSR count). The van der Waals surface area contributed by atoms with Crippen molar-refractivity contribution in [1.29, 1.82) is 0 Å². The van der Waals surface area contributed by atoms with E-state index < -0.39 is 11.7 Å². The third kappa shape index (κ3) is 6.02. The van der Waals surface area contributed by atoms with Gasteiger partial charge in [-0.1, -0.05) is 5.16 Å². The van der Waals surface area contributed by atoms with Crippen LogP contribution >= 0.6 is 63.7 Å². The summed E-state index contributed by atoms with van der Waals surface area (Å²) >= 11 is 13.8. The van der Waals surface area contributed by atoms with E-state index >= 15 is 0 Å². The van der Waals surface area contributed by atoms with Crippen molar-refractivity contribution in [3.8, 4) is 5.75 Å². The second-order valence-electron chi connectivity index (χ2n) is 7.42. The number of carbonyl (C=O) groups excluding carboxylic acids is 1. The van der Waals surface area contributed by atoms with Gasteiger partial charge in [0.25, 0.3) is 5.91 Å². The zero-order chi connectivity index (χ0) is 24.2. The van der Waals surface area contributed by atoms with Crippen LogP contribution in [0.3, 0.4) is 0 Å². The molecule has 12 heteroatoms.